The van der Waals surface area contributed by atoms with Crippen molar-refractivity contribution in [1.82, 2.24) is 5.32 Å². The van der Waals surface area contributed by atoms with Crippen molar-refractivity contribution in [3.05, 3.63) is 67.6 Å². The molecule has 0 aliphatic rings. The van der Waals surface area contributed by atoms with Crippen molar-refractivity contribution in [3.8, 4) is 0 Å². The van der Waals surface area contributed by atoms with Crippen LogP contribution >= 0.6 is 39.1 Å². The molecule has 0 aliphatic carbocycles. The van der Waals surface area contributed by atoms with Gasteiger partial charge < -0.3 is 5.32 Å². The molecule has 1 unspecified atom stereocenters. The minimum atomic E-state index is -0.567. The van der Waals surface area contributed by atoms with E-state index in [-0.39, 0.29) is 10.0 Å². The Morgan fingerprint density at radius 2 is 1.75 bits per heavy atom. The molecular weight excluding hydrogens is 371 g/mol. The summed E-state index contributed by atoms with van der Waals surface area (Å²) in [6, 6.07) is 6.58. The topological polar surface area (TPSA) is 12.0 Å². The van der Waals surface area contributed by atoms with Crippen LogP contribution in [-0.2, 0) is 0 Å². The standard InChI is InChI=1S/C14H10BrCl2F2N/c1-20-14(8-3-2-7(16)4-11(8)17)9-5-13(19)10(15)6-12(9)18/h2-6,14,20H,1H3. The molecule has 0 spiro atoms. The zero-order chi connectivity index (χ0) is 14.9. The Labute approximate surface area is 134 Å². The van der Waals surface area contributed by atoms with Gasteiger partial charge in [0.25, 0.3) is 0 Å². The summed E-state index contributed by atoms with van der Waals surface area (Å²) in [7, 11) is 1.65. The highest BCUT2D eigenvalue weighted by molar-refractivity contribution is 9.10. The summed E-state index contributed by atoms with van der Waals surface area (Å²) in [6.45, 7) is 0. The first kappa shape index (κ1) is 15.7. The third-order valence-corrected chi connectivity index (χ3v) is 4.08. The van der Waals surface area contributed by atoms with Gasteiger partial charge >= 0.3 is 0 Å². The normalized spacial score (nSPS) is 12.5. The second kappa shape index (κ2) is 6.39. The van der Waals surface area contributed by atoms with E-state index in [0.29, 0.717) is 15.6 Å². The Hall–Kier alpha value is -0.680. The summed E-state index contributed by atoms with van der Waals surface area (Å²) in [6.07, 6.45) is 0. The Balaban J connectivity index is 2.55. The van der Waals surface area contributed by atoms with Crippen LogP contribution in [0, 0.1) is 11.6 Å². The van der Waals surface area contributed by atoms with Crippen LogP contribution in [0.5, 0.6) is 0 Å². The molecule has 1 atom stereocenters. The lowest BCUT2D eigenvalue weighted by molar-refractivity contribution is 0.555. The van der Waals surface area contributed by atoms with Crippen LogP contribution < -0.4 is 5.32 Å². The highest BCUT2D eigenvalue weighted by Crippen LogP contribution is 2.33. The fourth-order valence-corrected chi connectivity index (χ4v) is 2.81. The van der Waals surface area contributed by atoms with Crippen molar-refractivity contribution in [2.75, 3.05) is 7.05 Å². The molecule has 2 rings (SSSR count). The number of rotatable bonds is 3. The highest BCUT2D eigenvalue weighted by atomic mass is 79.9. The molecule has 0 fully saturated rings. The van der Waals surface area contributed by atoms with Crippen LogP contribution in [0.15, 0.2) is 34.8 Å². The van der Waals surface area contributed by atoms with Crippen molar-refractivity contribution in [1.29, 1.82) is 0 Å². The second-order valence-electron chi connectivity index (χ2n) is 4.18. The first-order valence-electron chi connectivity index (χ1n) is 5.70. The number of nitrogens with one attached hydrogen (secondary N) is 1. The summed E-state index contributed by atoms with van der Waals surface area (Å²) in [5.74, 6) is -1.06. The average molecular weight is 381 g/mol. The van der Waals surface area contributed by atoms with Gasteiger partial charge in [0.05, 0.1) is 10.5 Å². The first-order chi connectivity index (χ1) is 9.43. The predicted molar refractivity (Wildman–Crippen MR) is 81.4 cm³/mol. The molecule has 0 radical (unpaired) electrons. The Morgan fingerprint density at radius 1 is 1.05 bits per heavy atom. The molecule has 1 N–H and O–H groups in total. The van der Waals surface area contributed by atoms with Gasteiger partial charge in [-0.15, -0.1) is 0 Å². The summed E-state index contributed by atoms with van der Waals surface area (Å²) in [4.78, 5) is 0. The SMILES string of the molecule is CNC(c1cc(F)c(Br)cc1F)c1ccc(Cl)cc1Cl. The predicted octanol–water partition coefficient (Wildman–Crippen LogP) is 5.34. The van der Waals surface area contributed by atoms with Gasteiger partial charge in [0.2, 0.25) is 0 Å². The number of halogens is 5. The Kier molecular flexibility index (Phi) is 5.02. The van der Waals surface area contributed by atoms with Crippen LogP contribution in [0.25, 0.3) is 0 Å². The molecule has 2 aromatic carbocycles. The Bertz CT molecular complexity index is 649. The van der Waals surface area contributed by atoms with E-state index in [4.69, 9.17) is 23.2 Å². The van der Waals surface area contributed by atoms with Gasteiger partial charge in [0, 0.05) is 15.6 Å². The second-order valence-corrected chi connectivity index (χ2v) is 5.87. The van der Waals surface area contributed by atoms with Gasteiger partial charge in [0.1, 0.15) is 11.6 Å². The molecule has 2 aromatic rings. The lowest BCUT2D eigenvalue weighted by atomic mass is 9.98. The molecule has 1 nitrogen and oxygen atoms in total. The molecule has 6 heteroatoms. The molecule has 106 valence electrons. The van der Waals surface area contributed by atoms with Gasteiger partial charge in [-0.25, -0.2) is 8.78 Å². The van der Waals surface area contributed by atoms with Crippen LogP contribution in [0.1, 0.15) is 17.2 Å². The smallest absolute Gasteiger partial charge is 0.137 e. The zero-order valence-corrected chi connectivity index (χ0v) is 13.5. The van der Waals surface area contributed by atoms with Crippen molar-refractivity contribution >= 4 is 39.1 Å². The molecule has 0 amide bonds. The molecule has 0 aliphatic heterocycles. The maximum Gasteiger partial charge on any atom is 0.137 e. The Morgan fingerprint density at radius 3 is 2.35 bits per heavy atom. The van der Waals surface area contributed by atoms with Gasteiger partial charge in [-0.2, -0.15) is 0 Å². The van der Waals surface area contributed by atoms with E-state index in [1.807, 2.05) is 0 Å². The molecule has 20 heavy (non-hydrogen) atoms. The van der Waals surface area contributed by atoms with Crippen molar-refractivity contribution in [2.24, 2.45) is 0 Å². The average Bonchev–Trinajstić information content (AvgIpc) is 2.38. The third kappa shape index (κ3) is 3.14. The van der Waals surface area contributed by atoms with Crippen molar-refractivity contribution in [3.63, 3.8) is 0 Å². The van der Waals surface area contributed by atoms with E-state index in [1.54, 1.807) is 25.2 Å². The lowest BCUT2D eigenvalue weighted by Gasteiger charge is -2.19. The monoisotopic (exact) mass is 379 g/mol. The van der Waals surface area contributed by atoms with Gasteiger partial charge in [-0.05, 0) is 52.8 Å². The molecule has 0 aromatic heterocycles. The summed E-state index contributed by atoms with van der Waals surface area (Å²) in [5.41, 5.74) is 0.802. The van der Waals surface area contributed by atoms with E-state index in [2.05, 4.69) is 21.2 Å². The molecule has 0 heterocycles. The van der Waals surface area contributed by atoms with Crippen molar-refractivity contribution < 1.29 is 8.78 Å². The van der Waals surface area contributed by atoms with E-state index >= 15 is 0 Å². The van der Waals surface area contributed by atoms with E-state index in [9.17, 15) is 8.78 Å². The fraction of sp³-hybridized carbons (Fsp3) is 0.143. The largest absolute Gasteiger partial charge is 0.309 e. The van der Waals surface area contributed by atoms with E-state index < -0.39 is 17.7 Å². The summed E-state index contributed by atoms with van der Waals surface area (Å²) in [5, 5.41) is 3.80. The summed E-state index contributed by atoms with van der Waals surface area (Å²) >= 11 is 14.9. The van der Waals surface area contributed by atoms with Gasteiger partial charge in [0.15, 0.2) is 0 Å². The zero-order valence-electron chi connectivity index (χ0n) is 10.4. The van der Waals surface area contributed by atoms with E-state index in [0.717, 1.165) is 12.1 Å². The molecule has 0 saturated heterocycles. The molecular formula is C14H10BrCl2F2N. The maximum atomic E-state index is 14.1. The number of hydrogen-bond donors (Lipinski definition) is 1. The molecule has 0 saturated carbocycles. The minimum absolute atomic E-state index is 0.0795. The third-order valence-electron chi connectivity index (χ3n) is 2.91. The van der Waals surface area contributed by atoms with Crippen LogP contribution in [0.3, 0.4) is 0 Å². The van der Waals surface area contributed by atoms with Gasteiger partial charge in [-0.3, -0.25) is 0 Å². The lowest BCUT2D eigenvalue weighted by Crippen LogP contribution is -2.19. The number of hydrogen-bond acceptors (Lipinski definition) is 1. The number of benzene rings is 2. The van der Waals surface area contributed by atoms with Crippen molar-refractivity contribution in [2.45, 2.75) is 6.04 Å². The summed E-state index contributed by atoms with van der Waals surface area (Å²) < 4.78 is 27.8. The van der Waals surface area contributed by atoms with Crippen LogP contribution in [0.2, 0.25) is 10.0 Å². The van der Waals surface area contributed by atoms with E-state index in [1.165, 1.54) is 0 Å². The maximum absolute atomic E-state index is 14.1. The van der Waals surface area contributed by atoms with Crippen LogP contribution in [-0.4, -0.2) is 7.05 Å². The first-order valence-corrected chi connectivity index (χ1v) is 7.25. The minimum Gasteiger partial charge on any atom is -0.309 e. The quantitative estimate of drug-likeness (QED) is 0.708. The highest BCUT2D eigenvalue weighted by Gasteiger charge is 2.20. The van der Waals surface area contributed by atoms with Crippen LogP contribution in [0.4, 0.5) is 8.78 Å². The molecule has 0 bridgehead atoms. The van der Waals surface area contributed by atoms with Gasteiger partial charge in [-0.1, -0.05) is 29.3 Å². The fourth-order valence-electron chi connectivity index (χ4n) is 1.97.